The molecule has 0 bridgehead atoms. The number of nitrogens with zero attached hydrogens (tertiary/aromatic N) is 3. The minimum absolute atomic E-state index is 0.107. The third-order valence-corrected chi connectivity index (χ3v) is 4.89. The van der Waals surface area contributed by atoms with Crippen LogP contribution in [0.25, 0.3) is 0 Å². The molecule has 0 amide bonds. The Hall–Kier alpha value is -3.94. The van der Waals surface area contributed by atoms with Gasteiger partial charge in [0.2, 0.25) is 5.95 Å². The highest BCUT2D eigenvalue weighted by molar-refractivity contribution is 5.92. The number of esters is 1. The molecule has 0 fully saturated rings. The monoisotopic (exact) mass is 420 g/mol. The molecular formula is C23H21FN4O3. The molecule has 1 aliphatic rings. The van der Waals surface area contributed by atoms with E-state index in [1.165, 1.54) is 18.5 Å². The SMILES string of the molecule is C=CCOC(=O)C1=C(C)Nc2ncnn2C1c1ccc(OCc2ccccc2F)cc1. The summed E-state index contributed by atoms with van der Waals surface area (Å²) >= 11 is 0. The first kappa shape index (κ1) is 20.3. The smallest absolute Gasteiger partial charge is 0.338 e. The first-order valence-corrected chi connectivity index (χ1v) is 9.70. The standard InChI is InChI=1S/C23H21FN4O3/c1-3-12-30-22(29)20-15(2)27-23-25-14-26-28(23)21(20)16-8-10-18(11-9-16)31-13-17-6-4-5-7-19(17)24/h3-11,14,21H,1,12-13H2,2H3,(H,25,26,27). The van der Waals surface area contributed by atoms with Crippen LogP contribution in [0, 0.1) is 5.82 Å². The fourth-order valence-electron chi connectivity index (χ4n) is 3.40. The Morgan fingerprint density at radius 3 is 2.77 bits per heavy atom. The number of rotatable bonds is 7. The second-order valence-electron chi connectivity index (χ2n) is 6.93. The van der Waals surface area contributed by atoms with Crippen molar-refractivity contribution in [2.45, 2.75) is 19.6 Å². The lowest BCUT2D eigenvalue weighted by Gasteiger charge is -2.28. The van der Waals surface area contributed by atoms with Crippen molar-refractivity contribution in [3.63, 3.8) is 0 Å². The predicted octanol–water partition coefficient (Wildman–Crippen LogP) is 4.01. The van der Waals surface area contributed by atoms with Crippen molar-refractivity contribution < 1.29 is 18.7 Å². The zero-order valence-electron chi connectivity index (χ0n) is 16.9. The van der Waals surface area contributed by atoms with Crippen LogP contribution in [0.15, 0.2) is 78.8 Å². The Morgan fingerprint density at radius 1 is 1.26 bits per heavy atom. The molecule has 1 atom stereocenters. The van der Waals surface area contributed by atoms with E-state index in [0.717, 1.165) is 5.56 Å². The van der Waals surface area contributed by atoms with Gasteiger partial charge in [-0.15, -0.1) is 0 Å². The van der Waals surface area contributed by atoms with Crippen molar-refractivity contribution in [2.24, 2.45) is 0 Å². The van der Waals surface area contributed by atoms with Crippen LogP contribution in [0.4, 0.5) is 10.3 Å². The fourth-order valence-corrected chi connectivity index (χ4v) is 3.40. The Labute approximate surface area is 178 Å². The van der Waals surface area contributed by atoms with Gasteiger partial charge in [0.25, 0.3) is 0 Å². The third kappa shape index (κ3) is 4.18. The average Bonchev–Trinajstić information content (AvgIpc) is 3.24. The molecule has 2 aromatic carbocycles. The first-order chi connectivity index (χ1) is 15.1. The maximum Gasteiger partial charge on any atom is 0.338 e. The zero-order chi connectivity index (χ0) is 21.8. The van der Waals surface area contributed by atoms with Crippen LogP contribution in [0.5, 0.6) is 5.75 Å². The maximum atomic E-state index is 13.8. The van der Waals surface area contributed by atoms with Gasteiger partial charge in [-0.05, 0) is 30.7 Å². The van der Waals surface area contributed by atoms with Crippen molar-refractivity contribution >= 4 is 11.9 Å². The summed E-state index contributed by atoms with van der Waals surface area (Å²) in [6.45, 7) is 5.60. The van der Waals surface area contributed by atoms with Gasteiger partial charge in [-0.3, -0.25) is 0 Å². The van der Waals surface area contributed by atoms with E-state index in [4.69, 9.17) is 9.47 Å². The van der Waals surface area contributed by atoms with E-state index in [-0.39, 0.29) is 19.0 Å². The molecule has 1 aromatic heterocycles. The predicted molar refractivity (Wildman–Crippen MR) is 113 cm³/mol. The number of halogens is 1. The number of benzene rings is 2. The molecule has 7 nitrogen and oxygen atoms in total. The van der Waals surface area contributed by atoms with E-state index in [1.54, 1.807) is 41.9 Å². The van der Waals surface area contributed by atoms with Gasteiger partial charge in [0.05, 0.1) is 5.57 Å². The van der Waals surface area contributed by atoms with Crippen molar-refractivity contribution in [2.75, 3.05) is 11.9 Å². The van der Waals surface area contributed by atoms with Gasteiger partial charge in [-0.1, -0.05) is 43.0 Å². The fraction of sp³-hybridized carbons (Fsp3) is 0.174. The molecule has 1 unspecified atom stereocenters. The number of hydrogen-bond acceptors (Lipinski definition) is 6. The van der Waals surface area contributed by atoms with Gasteiger partial charge < -0.3 is 14.8 Å². The van der Waals surface area contributed by atoms with E-state index >= 15 is 0 Å². The number of anilines is 1. The number of hydrogen-bond donors (Lipinski definition) is 1. The van der Waals surface area contributed by atoms with Gasteiger partial charge in [-0.25, -0.2) is 13.9 Å². The molecule has 0 saturated carbocycles. The minimum Gasteiger partial charge on any atom is -0.489 e. The molecule has 31 heavy (non-hydrogen) atoms. The molecule has 4 rings (SSSR count). The number of fused-ring (bicyclic) bond motifs is 1. The summed E-state index contributed by atoms with van der Waals surface area (Å²) in [5, 5.41) is 7.36. The highest BCUT2D eigenvalue weighted by Gasteiger charge is 2.34. The number of aromatic nitrogens is 3. The van der Waals surface area contributed by atoms with E-state index in [0.29, 0.717) is 28.5 Å². The Bertz CT molecular complexity index is 1140. The van der Waals surface area contributed by atoms with Gasteiger partial charge in [0.1, 0.15) is 37.1 Å². The molecule has 8 heteroatoms. The van der Waals surface area contributed by atoms with Gasteiger partial charge in [0, 0.05) is 11.3 Å². The second kappa shape index (κ2) is 8.83. The summed E-state index contributed by atoms with van der Waals surface area (Å²) in [6, 6.07) is 13.2. The molecule has 3 aromatic rings. The Morgan fingerprint density at radius 2 is 2.03 bits per heavy atom. The molecule has 0 aliphatic carbocycles. The summed E-state index contributed by atoms with van der Waals surface area (Å²) in [7, 11) is 0. The van der Waals surface area contributed by atoms with Crippen LogP contribution < -0.4 is 10.1 Å². The summed E-state index contributed by atoms with van der Waals surface area (Å²) in [5.41, 5.74) is 2.35. The van der Waals surface area contributed by atoms with E-state index in [9.17, 15) is 9.18 Å². The number of nitrogens with one attached hydrogen (secondary N) is 1. The summed E-state index contributed by atoms with van der Waals surface area (Å²) in [6.07, 6.45) is 2.94. The number of carbonyl (C=O) groups is 1. The quantitative estimate of drug-likeness (QED) is 0.460. The van der Waals surface area contributed by atoms with Gasteiger partial charge in [0.15, 0.2) is 0 Å². The zero-order valence-corrected chi connectivity index (χ0v) is 16.9. The van der Waals surface area contributed by atoms with Crippen molar-refractivity contribution in [1.29, 1.82) is 0 Å². The summed E-state index contributed by atoms with van der Waals surface area (Å²) in [4.78, 5) is 17.0. The van der Waals surface area contributed by atoms with Crippen LogP contribution in [0.2, 0.25) is 0 Å². The Balaban J connectivity index is 1.59. The van der Waals surface area contributed by atoms with E-state index in [1.807, 2.05) is 12.1 Å². The molecule has 158 valence electrons. The van der Waals surface area contributed by atoms with Crippen molar-refractivity contribution in [3.05, 3.63) is 95.7 Å². The third-order valence-electron chi connectivity index (χ3n) is 4.89. The normalized spacial score (nSPS) is 15.1. The van der Waals surface area contributed by atoms with Crippen molar-refractivity contribution in [3.8, 4) is 5.75 Å². The number of ether oxygens (including phenoxy) is 2. The summed E-state index contributed by atoms with van der Waals surface area (Å²) < 4.78 is 26.4. The highest BCUT2D eigenvalue weighted by atomic mass is 19.1. The molecule has 0 radical (unpaired) electrons. The maximum absolute atomic E-state index is 13.8. The lowest BCUT2D eigenvalue weighted by Crippen LogP contribution is -2.29. The van der Waals surface area contributed by atoms with Crippen LogP contribution in [0.1, 0.15) is 24.1 Å². The minimum atomic E-state index is -0.517. The molecule has 1 N–H and O–H groups in total. The number of allylic oxidation sites excluding steroid dienone is 1. The van der Waals surface area contributed by atoms with Crippen LogP contribution in [-0.2, 0) is 16.1 Å². The van der Waals surface area contributed by atoms with E-state index < -0.39 is 12.0 Å². The first-order valence-electron chi connectivity index (χ1n) is 9.70. The van der Waals surface area contributed by atoms with Crippen LogP contribution in [0.3, 0.4) is 0 Å². The molecule has 0 saturated heterocycles. The molecule has 0 spiro atoms. The van der Waals surface area contributed by atoms with Gasteiger partial charge in [-0.2, -0.15) is 10.1 Å². The largest absolute Gasteiger partial charge is 0.489 e. The lowest BCUT2D eigenvalue weighted by molar-refractivity contribution is -0.138. The highest BCUT2D eigenvalue weighted by Crippen LogP contribution is 2.35. The molecule has 1 aliphatic heterocycles. The van der Waals surface area contributed by atoms with Crippen molar-refractivity contribution in [1.82, 2.24) is 14.8 Å². The molecular weight excluding hydrogens is 399 g/mol. The second-order valence-corrected chi connectivity index (χ2v) is 6.93. The van der Waals surface area contributed by atoms with E-state index in [2.05, 4.69) is 22.0 Å². The number of carbonyl (C=O) groups excluding carboxylic acids is 1. The molecule has 2 heterocycles. The summed E-state index contributed by atoms with van der Waals surface area (Å²) in [5.74, 6) is 0.339. The van der Waals surface area contributed by atoms with Gasteiger partial charge >= 0.3 is 5.97 Å². The van der Waals surface area contributed by atoms with Crippen LogP contribution in [-0.4, -0.2) is 27.3 Å². The lowest BCUT2D eigenvalue weighted by atomic mass is 9.96. The Kier molecular flexibility index (Phi) is 5.79. The topological polar surface area (TPSA) is 78.3 Å². The average molecular weight is 420 g/mol. The van der Waals surface area contributed by atoms with Crippen LogP contribution >= 0.6 is 0 Å².